The molecule has 2 aliphatic rings. The van der Waals surface area contributed by atoms with Crippen LogP contribution in [0.15, 0.2) is 0 Å². The van der Waals surface area contributed by atoms with E-state index in [4.69, 9.17) is 14.9 Å². The average molecular weight is 286 g/mol. The Morgan fingerprint density at radius 3 is 2.24 bits per heavy atom. The lowest BCUT2D eigenvalue weighted by Gasteiger charge is -2.48. The van der Waals surface area contributed by atoms with Crippen LogP contribution in [0.2, 0.25) is 0 Å². The molecule has 0 aromatic carbocycles. The van der Waals surface area contributed by atoms with Crippen LogP contribution in [0.25, 0.3) is 0 Å². The van der Waals surface area contributed by atoms with Crippen molar-refractivity contribution >= 4 is 5.90 Å². The number of nitrogens with zero attached hydrogens (tertiary/aromatic N) is 3. The third kappa shape index (κ3) is 1.56. The van der Waals surface area contributed by atoms with Crippen LogP contribution in [0.1, 0.15) is 34.1 Å². The second-order valence-corrected chi connectivity index (χ2v) is 6.36. The van der Waals surface area contributed by atoms with Gasteiger partial charge >= 0.3 is 0 Å². The third-order valence-corrected chi connectivity index (χ3v) is 4.79. The van der Waals surface area contributed by atoms with Crippen LogP contribution in [-0.4, -0.2) is 17.8 Å². The van der Waals surface area contributed by atoms with Gasteiger partial charge in [-0.2, -0.15) is 15.8 Å². The summed E-state index contributed by atoms with van der Waals surface area (Å²) in [6.07, 6.45) is -0.319. The zero-order valence-corrected chi connectivity index (χ0v) is 12.6. The summed E-state index contributed by atoms with van der Waals surface area (Å²) in [4.78, 5) is 0. The fourth-order valence-electron chi connectivity index (χ4n) is 3.47. The number of hydrogen-bond acceptors (Lipinski definition) is 6. The Morgan fingerprint density at radius 1 is 1.24 bits per heavy atom. The standard InChI is InChI=1S/C15H18N4O2/c1-9(2)5-11-14(6-16,7-17)15(8-18)10(3)13(4,20-11)21-12(15)19/h9-11,19H,5H2,1-4H3. The van der Waals surface area contributed by atoms with E-state index < -0.39 is 28.6 Å². The Labute approximate surface area is 124 Å². The number of hydrogen-bond donors (Lipinski definition) is 1. The van der Waals surface area contributed by atoms with Crippen molar-refractivity contribution in [1.29, 1.82) is 21.2 Å². The number of rotatable bonds is 2. The quantitative estimate of drug-likeness (QED) is 0.836. The second-order valence-electron chi connectivity index (χ2n) is 6.36. The van der Waals surface area contributed by atoms with Crippen molar-refractivity contribution in [2.24, 2.45) is 22.7 Å². The third-order valence-electron chi connectivity index (χ3n) is 4.79. The molecule has 0 spiro atoms. The lowest BCUT2D eigenvalue weighted by molar-refractivity contribution is -0.268. The molecule has 0 radical (unpaired) electrons. The van der Waals surface area contributed by atoms with Crippen LogP contribution >= 0.6 is 0 Å². The van der Waals surface area contributed by atoms with Crippen molar-refractivity contribution in [3.8, 4) is 18.2 Å². The highest BCUT2D eigenvalue weighted by Gasteiger charge is 2.77. The number of nitrogens with one attached hydrogen (secondary N) is 1. The normalized spacial score (nSPS) is 40.0. The zero-order valence-electron chi connectivity index (χ0n) is 12.6. The van der Waals surface area contributed by atoms with Gasteiger partial charge < -0.3 is 9.47 Å². The summed E-state index contributed by atoms with van der Waals surface area (Å²) in [5.41, 5.74) is -3.33. The molecule has 2 bridgehead atoms. The first-order valence-corrected chi connectivity index (χ1v) is 6.93. The molecule has 2 aliphatic heterocycles. The van der Waals surface area contributed by atoms with Gasteiger partial charge in [0.25, 0.3) is 0 Å². The molecule has 2 saturated heterocycles. The van der Waals surface area contributed by atoms with Crippen LogP contribution in [0, 0.1) is 62.1 Å². The molecule has 0 saturated carbocycles. The molecule has 21 heavy (non-hydrogen) atoms. The van der Waals surface area contributed by atoms with Crippen molar-refractivity contribution in [1.82, 2.24) is 0 Å². The van der Waals surface area contributed by atoms with E-state index in [1.807, 2.05) is 26.0 Å². The maximum atomic E-state index is 9.74. The highest BCUT2D eigenvalue weighted by atomic mass is 16.7. The molecule has 110 valence electrons. The zero-order chi connectivity index (χ0) is 16.1. The molecule has 6 nitrogen and oxygen atoms in total. The van der Waals surface area contributed by atoms with E-state index in [0.29, 0.717) is 6.42 Å². The van der Waals surface area contributed by atoms with Crippen molar-refractivity contribution < 1.29 is 9.47 Å². The predicted octanol–water partition coefficient (Wildman–Crippen LogP) is 2.33. The first-order chi connectivity index (χ1) is 9.74. The molecular weight excluding hydrogens is 268 g/mol. The lowest BCUT2D eigenvalue weighted by atomic mass is 9.54. The summed E-state index contributed by atoms with van der Waals surface area (Å²) in [5, 5.41) is 37.2. The molecule has 0 amide bonds. The van der Waals surface area contributed by atoms with Gasteiger partial charge in [-0.15, -0.1) is 0 Å². The summed E-state index contributed by atoms with van der Waals surface area (Å²) in [5.74, 6) is -1.89. The summed E-state index contributed by atoms with van der Waals surface area (Å²) >= 11 is 0. The van der Waals surface area contributed by atoms with E-state index in [1.165, 1.54) is 0 Å². The molecule has 4 atom stereocenters. The van der Waals surface area contributed by atoms with E-state index in [0.717, 1.165) is 0 Å². The van der Waals surface area contributed by atoms with Crippen LogP contribution in [0.3, 0.4) is 0 Å². The van der Waals surface area contributed by atoms with E-state index in [-0.39, 0.29) is 11.8 Å². The molecule has 4 unspecified atom stereocenters. The second kappa shape index (κ2) is 4.45. The fraction of sp³-hybridized carbons (Fsp3) is 0.733. The van der Waals surface area contributed by atoms with Crippen molar-refractivity contribution in [3.05, 3.63) is 0 Å². The van der Waals surface area contributed by atoms with Gasteiger partial charge in [0, 0.05) is 6.92 Å². The van der Waals surface area contributed by atoms with E-state index in [9.17, 15) is 15.8 Å². The molecule has 2 heterocycles. The Hall–Kier alpha value is -2.10. The predicted molar refractivity (Wildman–Crippen MR) is 72.4 cm³/mol. The lowest BCUT2D eigenvalue weighted by Crippen LogP contribution is -2.61. The monoisotopic (exact) mass is 286 g/mol. The maximum absolute atomic E-state index is 9.74. The minimum atomic E-state index is -1.74. The van der Waals surface area contributed by atoms with Gasteiger partial charge in [0.2, 0.25) is 11.7 Å². The molecular formula is C15H18N4O2. The molecule has 2 fully saturated rings. The van der Waals surface area contributed by atoms with E-state index in [1.54, 1.807) is 13.8 Å². The summed E-state index contributed by atoms with van der Waals surface area (Å²) in [7, 11) is 0. The van der Waals surface area contributed by atoms with Gasteiger partial charge in [0.1, 0.15) is 0 Å². The topological polar surface area (TPSA) is 114 Å². The first-order valence-electron chi connectivity index (χ1n) is 6.93. The van der Waals surface area contributed by atoms with Crippen LogP contribution in [-0.2, 0) is 9.47 Å². The Bertz CT molecular complexity index is 595. The summed E-state index contributed by atoms with van der Waals surface area (Å²) in [6.45, 7) is 7.27. The van der Waals surface area contributed by atoms with Gasteiger partial charge in [-0.05, 0) is 12.3 Å². The van der Waals surface area contributed by atoms with Gasteiger partial charge in [-0.3, -0.25) is 5.41 Å². The highest BCUT2D eigenvalue weighted by molar-refractivity contribution is 5.89. The average Bonchev–Trinajstić information content (AvgIpc) is 2.55. The number of nitriles is 3. The Kier molecular flexibility index (Phi) is 3.24. The van der Waals surface area contributed by atoms with Crippen LogP contribution in [0.4, 0.5) is 0 Å². The largest absolute Gasteiger partial charge is 0.448 e. The molecule has 0 aromatic rings. The maximum Gasteiger partial charge on any atom is 0.214 e. The molecule has 0 aromatic heterocycles. The molecule has 1 N–H and O–H groups in total. The van der Waals surface area contributed by atoms with E-state index in [2.05, 4.69) is 6.07 Å². The van der Waals surface area contributed by atoms with Gasteiger partial charge in [0.05, 0.1) is 30.2 Å². The Morgan fingerprint density at radius 2 is 1.81 bits per heavy atom. The van der Waals surface area contributed by atoms with Crippen LogP contribution < -0.4 is 0 Å². The summed E-state index contributed by atoms with van der Waals surface area (Å²) in [6, 6.07) is 6.04. The smallest absolute Gasteiger partial charge is 0.214 e. The van der Waals surface area contributed by atoms with Crippen molar-refractivity contribution in [3.63, 3.8) is 0 Å². The van der Waals surface area contributed by atoms with Crippen molar-refractivity contribution in [2.45, 2.75) is 46.0 Å². The first kappa shape index (κ1) is 15.3. The fourth-order valence-corrected chi connectivity index (χ4v) is 3.47. The highest BCUT2D eigenvalue weighted by Crippen LogP contribution is 2.62. The van der Waals surface area contributed by atoms with Crippen LogP contribution in [0.5, 0.6) is 0 Å². The molecule has 6 heteroatoms. The minimum absolute atomic E-state index is 0.178. The molecule has 2 rings (SSSR count). The summed E-state index contributed by atoms with van der Waals surface area (Å²) < 4.78 is 11.4. The molecule has 0 aliphatic carbocycles. The number of fused-ring (bicyclic) bond motifs is 2. The van der Waals surface area contributed by atoms with E-state index >= 15 is 0 Å². The Balaban J connectivity index is 2.72. The van der Waals surface area contributed by atoms with Gasteiger partial charge in [-0.1, -0.05) is 20.8 Å². The van der Waals surface area contributed by atoms with Gasteiger partial charge in [0.15, 0.2) is 10.8 Å². The van der Waals surface area contributed by atoms with Crippen molar-refractivity contribution in [2.75, 3.05) is 0 Å². The number of ether oxygens (including phenoxy) is 2. The SMILES string of the molecule is CC(C)CC1OC2(C)OC(=N)C(C#N)(C2C)C1(C#N)C#N. The van der Waals surface area contributed by atoms with Gasteiger partial charge in [-0.25, -0.2) is 0 Å². The minimum Gasteiger partial charge on any atom is -0.448 e.